The lowest BCUT2D eigenvalue weighted by atomic mass is 10.0. The highest BCUT2D eigenvalue weighted by Gasteiger charge is 2.28. The molecule has 0 aromatic rings. The fourth-order valence-corrected chi connectivity index (χ4v) is 7.33. The zero-order chi connectivity index (χ0) is 36.3. The van der Waals surface area contributed by atoms with Crippen LogP contribution in [0.1, 0.15) is 219 Å². The van der Waals surface area contributed by atoms with Crippen LogP contribution in [0.5, 0.6) is 0 Å². The van der Waals surface area contributed by atoms with Gasteiger partial charge in [-0.15, -0.1) is 0 Å². The van der Waals surface area contributed by atoms with Crippen molar-refractivity contribution < 1.29 is 28.0 Å². The first-order valence-corrected chi connectivity index (χ1v) is 22.6. The lowest BCUT2D eigenvalue weighted by molar-refractivity contribution is -0.131. The van der Waals surface area contributed by atoms with Gasteiger partial charge in [0.05, 0.1) is 17.9 Å². The Hall–Kier alpha value is -0.960. The highest BCUT2D eigenvalue weighted by atomic mass is 32.2. The van der Waals surface area contributed by atoms with Gasteiger partial charge in [0.1, 0.15) is 6.10 Å². The van der Waals surface area contributed by atoms with Crippen molar-refractivity contribution in [1.29, 1.82) is 0 Å². The summed E-state index contributed by atoms with van der Waals surface area (Å²) in [5.74, 6) is -1.46. The second-order valence-corrected chi connectivity index (χ2v) is 16.3. The number of carbonyl (C=O) groups excluding carboxylic acids is 1. The van der Waals surface area contributed by atoms with Crippen LogP contribution in [0, 0.1) is 0 Å². The van der Waals surface area contributed by atoms with Crippen LogP contribution < -0.4 is 5.32 Å². The molecule has 3 atom stereocenters. The third-order valence-corrected chi connectivity index (χ3v) is 10.6. The second kappa shape index (κ2) is 35.4. The molecule has 0 bridgehead atoms. The zero-order valence-corrected chi connectivity index (χ0v) is 33.0. The molecule has 0 fully saturated rings. The van der Waals surface area contributed by atoms with Crippen LogP contribution in [0.15, 0.2) is 12.2 Å². The number of nitrogens with one attached hydrogen (secondary N) is 1. The normalized spacial score (nSPS) is 14.0. The summed E-state index contributed by atoms with van der Waals surface area (Å²) >= 11 is 0. The van der Waals surface area contributed by atoms with Crippen molar-refractivity contribution in [3.8, 4) is 0 Å². The quantitative estimate of drug-likeness (QED) is 0.0286. The van der Waals surface area contributed by atoms with Gasteiger partial charge in [-0.2, -0.15) is 8.42 Å². The average Bonchev–Trinajstić information content (AvgIpc) is 3.06. The number of aliphatic hydroxyl groups excluding tert-OH is 2. The van der Waals surface area contributed by atoms with Crippen LogP contribution in [-0.4, -0.2) is 53.1 Å². The molecule has 0 aliphatic heterocycles. The van der Waals surface area contributed by atoms with Crippen LogP contribution in [0.3, 0.4) is 0 Å². The number of rotatable bonds is 38. The van der Waals surface area contributed by atoms with Gasteiger partial charge >= 0.3 is 0 Å². The summed E-state index contributed by atoms with van der Waals surface area (Å²) in [6.45, 7) is 4.48. The predicted molar refractivity (Wildman–Crippen MR) is 209 cm³/mol. The first-order chi connectivity index (χ1) is 23.7. The summed E-state index contributed by atoms with van der Waals surface area (Å²) in [4.78, 5) is 12.6. The molecule has 0 radical (unpaired) electrons. The van der Waals surface area contributed by atoms with Gasteiger partial charge in [0.15, 0.2) is 0 Å². The standard InChI is InChI=1S/C41H81NO6S/c1-3-5-7-9-11-13-15-16-17-18-19-20-21-22-23-24-26-27-29-31-33-35-39(43)38(37-49(46,47)48)42-41(45)40(44)36-34-32-30-28-25-14-12-10-8-6-4-2/h12,14,38-40,43-44H,3-11,13,15-37H2,1-2H3,(H,42,45)(H,46,47,48)/b14-12-. The van der Waals surface area contributed by atoms with Gasteiger partial charge < -0.3 is 15.5 Å². The van der Waals surface area contributed by atoms with Crippen molar-refractivity contribution in [3.63, 3.8) is 0 Å². The number of hydrogen-bond acceptors (Lipinski definition) is 5. The van der Waals surface area contributed by atoms with Gasteiger partial charge in [-0.3, -0.25) is 9.35 Å². The molecule has 0 aliphatic carbocycles. The molecular formula is C41H81NO6S. The SMILES string of the molecule is CCCCC/C=C\CCCCCCC(O)C(=O)NC(CS(=O)(=O)O)C(O)CCCCCCCCCCCCCCCCCCCCCCC. The van der Waals surface area contributed by atoms with E-state index >= 15 is 0 Å². The predicted octanol–water partition coefficient (Wildman–Crippen LogP) is 11.2. The van der Waals surface area contributed by atoms with Crippen LogP contribution in [0.4, 0.5) is 0 Å². The van der Waals surface area contributed by atoms with E-state index in [-0.39, 0.29) is 6.42 Å². The monoisotopic (exact) mass is 716 g/mol. The third-order valence-electron chi connectivity index (χ3n) is 9.83. The average molecular weight is 716 g/mol. The van der Waals surface area contributed by atoms with Crippen molar-refractivity contribution >= 4 is 16.0 Å². The Morgan fingerprint density at radius 2 is 0.857 bits per heavy atom. The number of carbonyl (C=O) groups is 1. The molecule has 0 heterocycles. The third kappa shape index (κ3) is 35.2. The smallest absolute Gasteiger partial charge is 0.266 e. The maximum absolute atomic E-state index is 12.6. The van der Waals surface area contributed by atoms with E-state index in [2.05, 4.69) is 31.3 Å². The summed E-state index contributed by atoms with van der Waals surface area (Å²) in [7, 11) is -4.41. The molecule has 0 saturated heterocycles. The Morgan fingerprint density at radius 1 is 0.531 bits per heavy atom. The molecule has 0 spiro atoms. The largest absolute Gasteiger partial charge is 0.391 e. The number of allylic oxidation sites excluding steroid dienone is 2. The Labute approximate surface area is 304 Å². The van der Waals surface area contributed by atoms with E-state index in [1.807, 2.05) is 0 Å². The van der Waals surface area contributed by atoms with Crippen LogP contribution >= 0.6 is 0 Å². The Balaban J connectivity index is 3.90. The molecule has 292 valence electrons. The van der Waals surface area contributed by atoms with Gasteiger partial charge in [0, 0.05) is 0 Å². The van der Waals surface area contributed by atoms with E-state index in [1.165, 1.54) is 128 Å². The molecule has 7 nitrogen and oxygen atoms in total. The Kier molecular flexibility index (Phi) is 34.7. The number of aliphatic hydroxyl groups is 2. The van der Waals surface area contributed by atoms with E-state index in [0.717, 1.165) is 51.4 Å². The molecule has 8 heteroatoms. The maximum atomic E-state index is 12.6. The highest BCUT2D eigenvalue weighted by molar-refractivity contribution is 7.85. The minimum atomic E-state index is -4.41. The van der Waals surface area contributed by atoms with Crippen LogP contribution in [0.25, 0.3) is 0 Å². The van der Waals surface area contributed by atoms with Crippen molar-refractivity contribution in [2.24, 2.45) is 0 Å². The first kappa shape index (κ1) is 48.0. The fourth-order valence-electron chi connectivity index (χ4n) is 6.57. The van der Waals surface area contributed by atoms with Crippen molar-refractivity contribution in [2.75, 3.05) is 5.75 Å². The Morgan fingerprint density at radius 3 is 1.27 bits per heavy atom. The molecule has 49 heavy (non-hydrogen) atoms. The lowest BCUT2D eigenvalue weighted by Crippen LogP contribution is -2.50. The topological polar surface area (TPSA) is 124 Å². The molecule has 1 amide bonds. The zero-order valence-electron chi connectivity index (χ0n) is 32.2. The van der Waals surface area contributed by atoms with Crippen LogP contribution in [-0.2, 0) is 14.9 Å². The number of unbranched alkanes of at least 4 members (excludes halogenated alkanes) is 27. The van der Waals surface area contributed by atoms with E-state index in [4.69, 9.17) is 0 Å². The Bertz CT molecular complexity index is 849. The highest BCUT2D eigenvalue weighted by Crippen LogP contribution is 2.17. The van der Waals surface area contributed by atoms with E-state index in [1.54, 1.807) is 0 Å². The molecule has 0 aromatic heterocycles. The number of hydrogen-bond donors (Lipinski definition) is 4. The first-order valence-electron chi connectivity index (χ1n) is 21.0. The molecule has 0 aliphatic rings. The van der Waals surface area contributed by atoms with E-state index < -0.39 is 40.0 Å². The van der Waals surface area contributed by atoms with Crippen molar-refractivity contribution in [1.82, 2.24) is 5.32 Å². The van der Waals surface area contributed by atoms with Crippen molar-refractivity contribution in [2.45, 2.75) is 238 Å². The van der Waals surface area contributed by atoms with Gasteiger partial charge in [-0.25, -0.2) is 0 Å². The number of amides is 1. The summed E-state index contributed by atoms with van der Waals surface area (Å²) in [5.41, 5.74) is 0. The van der Waals surface area contributed by atoms with E-state index in [9.17, 15) is 28.0 Å². The van der Waals surface area contributed by atoms with Gasteiger partial charge in [0.2, 0.25) is 5.91 Å². The summed E-state index contributed by atoms with van der Waals surface area (Å²) < 4.78 is 32.5. The minimum Gasteiger partial charge on any atom is -0.391 e. The maximum Gasteiger partial charge on any atom is 0.266 e. The molecule has 4 N–H and O–H groups in total. The fraction of sp³-hybridized carbons (Fsp3) is 0.927. The summed E-state index contributed by atoms with van der Waals surface area (Å²) in [6.07, 6.45) is 39.5. The van der Waals surface area contributed by atoms with Crippen LogP contribution in [0.2, 0.25) is 0 Å². The molecular weight excluding hydrogens is 635 g/mol. The molecule has 0 rings (SSSR count). The molecule has 0 aromatic carbocycles. The molecule has 0 saturated carbocycles. The van der Waals surface area contributed by atoms with Crippen molar-refractivity contribution in [3.05, 3.63) is 12.2 Å². The summed E-state index contributed by atoms with van der Waals surface area (Å²) in [6, 6.07) is -1.15. The molecule has 3 unspecified atom stereocenters. The van der Waals surface area contributed by atoms with Gasteiger partial charge in [-0.1, -0.05) is 193 Å². The van der Waals surface area contributed by atoms with Gasteiger partial charge in [-0.05, 0) is 38.5 Å². The van der Waals surface area contributed by atoms with E-state index in [0.29, 0.717) is 19.3 Å². The lowest BCUT2D eigenvalue weighted by Gasteiger charge is -2.24. The second-order valence-electron chi connectivity index (χ2n) is 14.8. The van der Waals surface area contributed by atoms with Gasteiger partial charge in [0.25, 0.3) is 10.1 Å². The minimum absolute atomic E-state index is 0.285. The summed E-state index contributed by atoms with van der Waals surface area (Å²) in [5, 5.41) is 23.5.